The minimum Gasteiger partial charge on any atom is -0.497 e. The van der Waals surface area contributed by atoms with Gasteiger partial charge in [-0.2, -0.15) is 0 Å². The summed E-state index contributed by atoms with van der Waals surface area (Å²) in [5.41, 5.74) is 2.53. The topological polar surface area (TPSA) is 56.6 Å². The van der Waals surface area contributed by atoms with Gasteiger partial charge in [0.15, 0.2) is 5.69 Å². The van der Waals surface area contributed by atoms with Gasteiger partial charge in [0.2, 0.25) is 0 Å². The molecule has 6 nitrogen and oxygen atoms in total. The van der Waals surface area contributed by atoms with Gasteiger partial charge in [0.25, 0.3) is 5.91 Å². The van der Waals surface area contributed by atoms with Crippen LogP contribution in [0.4, 0.5) is 0 Å². The summed E-state index contributed by atoms with van der Waals surface area (Å²) in [5, 5.41) is 0. The van der Waals surface area contributed by atoms with Gasteiger partial charge in [0.1, 0.15) is 11.9 Å². The number of likely N-dealkylation sites (tertiary alicyclic amines) is 1. The quantitative estimate of drug-likeness (QED) is 0.833. The molecule has 2 aliphatic heterocycles. The summed E-state index contributed by atoms with van der Waals surface area (Å²) in [7, 11) is 1.66. The molecule has 3 heterocycles. The van der Waals surface area contributed by atoms with Gasteiger partial charge in [-0.1, -0.05) is 26.0 Å². The van der Waals surface area contributed by atoms with Crippen LogP contribution in [-0.2, 0) is 17.9 Å². The Morgan fingerprint density at radius 1 is 1.15 bits per heavy atom. The Hall–Kier alpha value is -2.34. The van der Waals surface area contributed by atoms with E-state index in [0.717, 1.165) is 30.1 Å². The Labute approximate surface area is 160 Å². The molecule has 1 saturated heterocycles. The van der Waals surface area contributed by atoms with E-state index in [1.165, 1.54) is 6.42 Å². The van der Waals surface area contributed by atoms with E-state index in [4.69, 9.17) is 9.47 Å². The van der Waals surface area contributed by atoms with Gasteiger partial charge < -0.3 is 18.9 Å². The van der Waals surface area contributed by atoms with Crippen molar-refractivity contribution in [3.63, 3.8) is 0 Å². The third-order valence-corrected chi connectivity index (χ3v) is 5.58. The van der Waals surface area contributed by atoms with Gasteiger partial charge in [-0.05, 0) is 36.0 Å². The van der Waals surface area contributed by atoms with Crippen LogP contribution in [0, 0.1) is 11.8 Å². The standard InChI is InChI=1S/C21H27N3O3/c1-14-8-15(2)10-23(9-14)21(25)20-18-12-27-19(11-24(18)13-22-20)16-4-6-17(26-3)7-5-16/h4-7,13-15,19H,8-12H2,1-3H3/t14-,15-,19+/m1/s1. The van der Waals surface area contributed by atoms with Gasteiger partial charge in [0.05, 0.1) is 32.3 Å². The van der Waals surface area contributed by atoms with E-state index < -0.39 is 0 Å². The fraction of sp³-hybridized carbons (Fsp3) is 0.524. The lowest BCUT2D eigenvalue weighted by molar-refractivity contribution is 0.00217. The number of aromatic nitrogens is 2. The number of imidazole rings is 1. The molecule has 0 saturated carbocycles. The molecule has 0 N–H and O–H groups in total. The second kappa shape index (κ2) is 7.35. The molecule has 2 aromatic rings. The first-order valence-electron chi connectivity index (χ1n) is 9.64. The molecule has 0 radical (unpaired) electrons. The lowest BCUT2D eigenvalue weighted by atomic mass is 9.91. The zero-order valence-electron chi connectivity index (χ0n) is 16.2. The van der Waals surface area contributed by atoms with Crippen molar-refractivity contribution in [2.75, 3.05) is 20.2 Å². The third kappa shape index (κ3) is 3.58. The van der Waals surface area contributed by atoms with Gasteiger partial charge in [-0.15, -0.1) is 0 Å². The predicted octanol–water partition coefficient (Wildman–Crippen LogP) is 3.28. The number of fused-ring (bicyclic) bond motifs is 1. The molecule has 0 spiro atoms. The van der Waals surface area contributed by atoms with Crippen molar-refractivity contribution in [1.82, 2.24) is 14.5 Å². The minimum absolute atomic E-state index is 0.0358. The second-order valence-corrected chi connectivity index (χ2v) is 7.92. The first kappa shape index (κ1) is 18.0. The Morgan fingerprint density at radius 3 is 2.52 bits per heavy atom. The van der Waals surface area contributed by atoms with Crippen LogP contribution in [0.5, 0.6) is 5.75 Å². The third-order valence-electron chi connectivity index (χ3n) is 5.58. The first-order valence-corrected chi connectivity index (χ1v) is 9.64. The molecule has 1 aromatic heterocycles. The van der Waals surface area contributed by atoms with Crippen LogP contribution in [0.2, 0.25) is 0 Å². The maximum absolute atomic E-state index is 13.0. The number of rotatable bonds is 3. The molecule has 0 bridgehead atoms. The highest BCUT2D eigenvalue weighted by molar-refractivity contribution is 5.93. The highest BCUT2D eigenvalue weighted by Crippen LogP contribution is 2.30. The van der Waals surface area contributed by atoms with E-state index in [2.05, 4.69) is 23.4 Å². The number of piperidine rings is 1. The zero-order valence-corrected chi connectivity index (χ0v) is 16.2. The second-order valence-electron chi connectivity index (χ2n) is 7.92. The molecule has 1 amide bonds. The van der Waals surface area contributed by atoms with Crippen molar-refractivity contribution in [2.24, 2.45) is 11.8 Å². The average Bonchev–Trinajstić information content (AvgIpc) is 3.10. The molecular weight excluding hydrogens is 342 g/mol. The van der Waals surface area contributed by atoms with Crippen LogP contribution < -0.4 is 4.74 Å². The normalized spacial score (nSPS) is 25.1. The molecule has 1 aromatic carbocycles. The minimum atomic E-state index is -0.0458. The van der Waals surface area contributed by atoms with E-state index in [1.807, 2.05) is 29.2 Å². The van der Waals surface area contributed by atoms with Crippen molar-refractivity contribution >= 4 is 5.91 Å². The summed E-state index contributed by atoms with van der Waals surface area (Å²) in [6.45, 7) is 7.10. The van der Waals surface area contributed by atoms with E-state index in [0.29, 0.717) is 30.7 Å². The van der Waals surface area contributed by atoms with Crippen molar-refractivity contribution in [3.8, 4) is 5.75 Å². The monoisotopic (exact) mass is 369 g/mol. The summed E-state index contributed by atoms with van der Waals surface area (Å²) in [5.74, 6) is 1.93. The van der Waals surface area contributed by atoms with Gasteiger partial charge in [0, 0.05) is 13.1 Å². The van der Waals surface area contributed by atoms with Crippen LogP contribution in [0.3, 0.4) is 0 Å². The molecule has 1 fully saturated rings. The number of amides is 1. The maximum atomic E-state index is 13.0. The van der Waals surface area contributed by atoms with Crippen LogP contribution in [0.25, 0.3) is 0 Å². The molecule has 3 atom stereocenters. The fourth-order valence-electron chi connectivity index (χ4n) is 4.30. The van der Waals surface area contributed by atoms with Crippen molar-refractivity contribution < 1.29 is 14.3 Å². The fourth-order valence-corrected chi connectivity index (χ4v) is 4.30. The number of carbonyl (C=O) groups is 1. The summed E-state index contributed by atoms with van der Waals surface area (Å²) in [4.78, 5) is 19.4. The average molecular weight is 369 g/mol. The van der Waals surface area contributed by atoms with Crippen LogP contribution in [0.15, 0.2) is 30.6 Å². The number of ether oxygens (including phenoxy) is 2. The number of carbonyl (C=O) groups excluding carboxylic acids is 1. The molecule has 27 heavy (non-hydrogen) atoms. The highest BCUT2D eigenvalue weighted by atomic mass is 16.5. The lowest BCUT2D eigenvalue weighted by Gasteiger charge is -2.35. The molecule has 144 valence electrons. The Balaban J connectivity index is 1.50. The summed E-state index contributed by atoms with van der Waals surface area (Å²) in [6.07, 6.45) is 2.91. The number of hydrogen-bond acceptors (Lipinski definition) is 4. The molecule has 4 rings (SSSR count). The SMILES string of the molecule is COc1ccc([C@@H]2Cn3cnc(C(=O)N4C[C@H](C)C[C@@H](C)C4)c3CO2)cc1. The molecule has 2 aliphatic rings. The van der Waals surface area contributed by atoms with Crippen LogP contribution >= 0.6 is 0 Å². The highest BCUT2D eigenvalue weighted by Gasteiger charge is 2.31. The predicted molar refractivity (Wildman–Crippen MR) is 102 cm³/mol. The molecule has 6 heteroatoms. The van der Waals surface area contributed by atoms with E-state index >= 15 is 0 Å². The Kier molecular flexibility index (Phi) is 4.91. The van der Waals surface area contributed by atoms with Gasteiger partial charge in [-0.3, -0.25) is 4.79 Å². The molecule has 0 unspecified atom stereocenters. The van der Waals surface area contributed by atoms with E-state index in [1.54, 1.807) is 13.4 Å². The summed E-state index contributed by atoms with van der Waals surface area (Å²) < 4.78 is 13.3. The van der Waals surface area contributed by atoms with Crippen LogP contribution in [0.1, 0.15) is 48.1 Å². The first-order chi connectivity index (χ1) is 13.0. The number of benzene rings is 1. The maximum Gasteiger partial charge on any atom is 0.274 e. The van der Waals surface area contributed by atoms with Crippen molar-refractivity contribution in [2.45, 2.75) is 39.5 Å². The van der Waals surface area contributed by atoms with Crippen molar-refractivity contribution in [3.05, 3.63) is 47.5 Å². The van der Waals surface area contributed by atoms with Crippen LogP contribution in [-0.4, -0.2) is 40.6 Å². The van der Waals surface area contributed by atoms with Gasteiger partial charge >= 0.3 is 0 Å². The lowest BCUT2D eigenvalue weighted by Crippen LogP contribution is -2.43. The smallest absolute Gasteiger partial charge is 0.274 e. The Bertz CT molecular complexity index is 805. The Morgan fingerprint density at radius 2 is 1.85 bits per heavy atom. The number of methoxy groups -OCH3 is 1. The summed E-state index contributed by atoms with van der Waals surface area (Å²) >= 11 is 0. The number of nitrogens with zero attached hydrogens (tertiary/aromatic N) is 3. The van der Waals surface area contributed by atoms with E-state index in [9.17, 15) is 4.79 Å². The number of hydrogen-bond donors (Lipinski definition) is 0. The van der Waals surface area contributed by atoms with Gasteiger partial charge in [-0.25, -0.2) is 4.98 Å². The summed E-state index contributed by atoms with van der Waals surface area (Å²) in [6, 6.07) is 7.92. The van der Waals surface area contributed by atoms with Crippen molar-refractivity contribution in [1.29, 1.82) is 0 Å². The largest absolute Gasteiger partial charge is 0.497 e. The molecule has 0 aliphatic carbocycles. The van der Waals surface area contributed by atoms with E-state index in [-0.39, 0.29) is 12.0 Å². The molecular formula is C21H27N3O3. The zero-order chi connectivity index (χ0) is 19.0.